The van der Waals surface area contributed by atoms with Crippen molar-refractivity contribution in [1.29, 1.82) is 0 Å². The molecule has 0 bridgehead atoms. The van der Waals surface area contributed by atoms with E-state index in [0.29, 0.717) is 24.9 Å². The van der Waals surface area contributed by atoms with Crippen molar-refractivity contribution in [2.45, 2.75) is 45.2 Å². The number of carboxylic acid groups (broad SMARTS) is 1. The van der Waals surface area contributed by atoms with Crippen LogP contribution in [0.4, 0.5) is 0 Å². The largest absolute Gasteiger partial charge is 0.475 e. The molecular formula is C14H21NO4. The number of carbonyl (C=O) groups is 1. The summed E-state index contributed by atoms with van der Waals surface area (Å²) in [6.45, 7) is 3.18. The molecule has 0 atom stereocenters. The smallest absolute Gasteiger partial charge is 0.371 e. The molecule has 19 heavy (non-hydrogen) atoms. The Morgan fingerprint density at radius 1 is 1.47 bits per heavy atom. The molecule has 1 saturated carbocycles. The topological polar surface area (TPSA) is 73.9 Å². The Hall–Kier alpha value is -1.33. The normalized spacial score (nSPS) is 16.4. The van der Waals surface area contributed by atoms with E-state index < -0.39 is 5.97 Å². The predicted molar refractivity (Wildman–Crippen MR) is 70.2 cm³/mol. The summed E-state index contributed by atoms with van der Waals surface area (Å²) >= 11 is 0. The van der Waals surface area contributed by atoms with Crippen molar-refractivity contribution < 1.29 is 19.4 Å². The van der Waals surface area contributed by atoms with Gasteiger partial charge in [0.15, 0.2) is 0 Å². The first-order valence-corrected chi connectivity index (χ1v) is 6.79. The van der Waals surface area contributed by atoms with E-state index in [1.165, 1.54) is 12.8 Å². The monoisotopic (exact) mass is 267 g/mol. The number of furan rings is 1. The Morgan fingerprint density at radius 3 is 2.68 bits per heavy atom. The number of nitrogens with zero attached hydrogens (tertiary/aromatic N) is 1. The average Bonchev–Trinajstić information content (AvgIpc) is 2.99. The zero-order valence-corrected chi connectivity index (χ0v) is 11.3. The molecule has 0 radical (unpaired) electrons. The van der Waals surface area contributed by atoms with Crippen LogP contribution in [0, 0.1) is 6.92 Å². The summed E-state index contributed by atoms with van der Waals surface area (Å²) in [7, 11) is 0. The molecule has 1 fully saturated rings. The molecule has 0 aliphatic heterocycles. The van der Waals surface area contributed by atoms with Gasteiger partial charge in [-0.3, -0.25) is 4.90 Å². The number of carboxylic acids is 1. The van der Waals surface area contributed by atoms with Crippen LogP contribution in [0.25, 0.3) is 0 Å². The number of aliphatic hydroxyl groups is 1. The van der Waals surface area contributed by atoms with Crippen LogP contribution in [0.5, 0.6) is 0 Å². The van der Waals surface area contributed by atoms with Crippen LogP contribution in [0.2, 0.25) is 0 Å². The molecule has 0 spiro atoms. The van der Waals surface area contributed by atoms with Crippen molar-refractivity contribution >= 4 is 5.97 Å². The lowest BCUT2D eigenvalue weighted by atomic mass is 10.1. The molecule has 0 unspecified atom stereocenters. The van der Waals surface area contributed by atoms with Crippen LogP contribution in [-0.4, -0.2) is 40.3 Å². The first-order chi connectivity index (χ1) is 9.11. The van der Waals surface area contributed by atoms with Gasteiger partial charge in [-0.2, -0.15) is 0 Å². The molecule has 1 aliphatic rings. The van der Waals surface area contributed by atoms with Crippen molar-refractivity contribution in [3.05, 3.63) is 23.2 Å². The van der Waals surface area contributed by atoms with Crippen molar-refractivity contribution in [2.24, 2.45) is 0 Å². The Balaban J connectivity index is 2.09. The first-order valence-electron chi connectivity index (χ1n) is 6.79. The van der Waals surface area contributed by atoms with E-state index in [0.717, 1.165) is 18.4 Å². The molecule has 5 nitrogen and oxygen atoms in total. The van der Waals surface area contributed by atoms with Crippen LogP contribution in [0.15, 0.2) is 10.5 Å². The zero-order valence-electron chi connectivity index (χ0n) is 11.3. The van der Waals surface area contributed by atoms with Crippen molar-refractivity contribution in [1.82, 2.24) is 4.90 Å². The highest BCUT2D eigenvalue weighted by molar-refractivity contribution is 5.84. The fourth-order valence-electron chi connectivity index (χ4n) is 2.79. The van der Waals surface area contributed by atoms with Gasteiger partial charge >= 0.3 is 5.97 Å². The maximum absolute atomic E-state index is 10.9. The number of rotatable bonds is 6. The molecule has 1 aromatic heterocycles. The molecule has 1 aliphatic carbocycles. The van der Waals surface area contributed by atoms with Crippen molar-refractivity contribution in [3.8, 4) is 0 Å². The van der Waals surface area contributed by atoms with Gasteiger partial charge in [0, 0.05) is 24.7 Å². The van der Waals surface area contributed by atoms with Gasteiger partial charge in [0.25, 0.3) is 0 Å². The van der Waals surface area contributed by atoms with Gasteiger partial charge in [0.05, 0.1) is 6.61 Å². The summed E-state index contributed by atoms with van der Waals surface area (Å²) < 4.78 is 5.23. The van der Waals surface area contributed by atoms with E-state index in [1.54, 1.807) is 13.0 Å². The highest BCUT2D eigenvalue weighted by atomic mass is 16.4. The third kappa shape index (κ3) is 3.36. The van der Waals surface area contributed by atoms with Gasteiger partial charge in [-0.1, -0.05) is 12.8 Å². The average molecular weight is 267 g/mol. The lowest BCUT2D eigenvalue weighted by molar-refractivity contribution is 0.0661. The van der Waals surface area contributed by atoms with Gasteiger partial charge in [-0.05, 0) is 25.8 Å². The van der Waals surface area contributed by atoms with E-state index in [-0.39, 0.29) is 12.4 Å². The predicted octanol–water partition coefficient (Wildman–Crippen LogP) is 2.02. The highest BCUT2D eigenvalue weighted by Crippen LogP contribution is 2.26. The minimum atomic E-state index is -1.04. The summed E-state index contributed by atoms with van der Waals surface area (Å²) in [5, 5.41) is 18.1. The number of hydrogen-bond donors (Lipinski definition) is 2. The Bertz CT molecular complexity index is 435. The van der Waals surface area contributed by atoms with Gasteiger partial charge in [0.1, 0.15) is 5.76 Å². The molecule has 0 amide bonds. The summed E-state index contributed by atoms with van der Waals surface area (Å²) in [6.07, 6.45) is 4.78. The van der Waals surface area contributed by atoms with E-state index in [9.17, 15) is 9.90 Å². The Labute approximate surface area is 112 Å². The number of hydrogen-bond acceptors (Lipinski definition) is 4. The molecule has 2 N–H and O–H groups in total. The number of aliphatic hydroxyl groups excluding tert-OH is 1. The Kier molecular flexibility index (Phi) is 4.61. The molecule has 0 saturated heterocycles. The second-order valence-corrected chi connectivity index (χ2v) is 5.13. The number of aromatic carboxylic acids is 1. The van der Waals surface area contributed by atoms with Gasteiger partial charge < -0.3 is 14.6 Å². The van der Waals surface area contributed by atoms with Gasteiger partial charge in [-0.25, -0.2) is 4.79 Å². The van der Waals surface area contributed by atoms with Crippen LogP contribution >= 0.6 is 0 Å². The summed E-state index contributed by atoms with van der Waals surface area (Å²) in [6, 6.07) is 2.09. The fourth-order valence-corrected chi connectivity index (χ4v) is 2.79. The van der Waals surface area contributed by atoms with Crippen LogP contribution in [-0.2, 0) is 6.54 Å². The van der Waals surface area contributed by atoms with Crippen LogP contribution in [0.1, 0.15) is 47.6 Å². The van der Waals surface area contributed by atoms with Gasteiger partial charge in [-0.15, -0.1) is 0 Å². The number of aryl methyl sites for hydroxylation is 1. The second kappa shape index (κ2) is 6.21. The van der Waals surface area contributed by atoms with E-state index >= 15 is 0 Å². The molecule has 5 heteroatoms. The molecule has 106 valence electrons. The summed E-state index contributed by atoms with van der Waals surface area (Å²) in [5.41, 5.74) is 0.901. The minimum Gasteiger partial charge on any atom is -0.475 e. The fraction of sp³-hybridized carbons (Fsp3) is 0.643. The van der Waals surface area contributed by atoms with Crippen LogP contribution < -0.4 is 0 Å². The highest BCUT2D eigenvalue weighted by Gasteiger charge is 2.24. The molecule has 1 aromatic rings. The summed E-state index contributed by atoms with van der Waals surface area (Å²) in [4.78, 5) is 13.1. The van der Waals surface area contributed by atoms with Crippen molar-refractivity contribution in [2.75, 3.05) is 13.2 Å². The lowest BCUT2D eigenvalue weighted by Crippen LogP contribution is -2.35. The zero-order chi connectivity index (χ0) is 13.8. The first kappa shape index (κ1) is 14.1. The van der Waals surface area contributed by atoms with E-state index in [2.05, 4.69) is 4.90 Å². The summed E-state index contributed by atoms with van der Waals surface area (Å²) in [5.74, 6) is -0.398. The Morgan fingerprint density at radius 2 is 2.16 bits per heavy atom. The maximum atomic E-state index is 10.9. The maximum Gasteiger partial charge on any atom is 0.371 e. The van der Waals surface area contributed by atoms with Gasteiger partial charge in [0.2, 0.25) is 5.76 Å². The second-order valence-electron chi connectivity index (χ2n) is 5.13. The lowest BCUT2D eigenvalue weighted by Gasteiger charge is -2.27. The quantitative estimate of drug-likeness (QED) is 0.825. The standard InChI is InChI=1S/C14H21NO4/c1-10-11(8-13(19-10)14(17)18)9-15(6-7-16)12-4-2-3-5-12/h8,12,16H,2-7,9H2,1H3,(H,17,18). The van der Waals surface area contributed by atoms with E-state index in [4.69, 9.17) is 9.52 Å². The minimum absolute atomic E-state index is 0.0112. The molecule has 0 aromatic carbocycles. The van der Waals surface area contributed by atoms with Crippen LogP contribution in [0.3, 0.4) is 0 Å². The molecular weight excluding hydrogens is 246 g/mol. The SMILES string of the molecule is Cc1oc(C(=O)O)cc1CN(CCO)C1CCCC1. The third-order valence-electron chi connectivity index (χ3n) is 3.83. The van der Waals surface area contributed by atoms with Crippen molar-refractivity contribution in [3.63, 3.8) is 0 Å². The molecule has 1 heterocycles. The third-order valence-corrected chi connectivity index (χ3v) is 3.83. The van der Waals surface area contributed by atoms with E-state index in [1.807, 2.05) is 0 Å². The molecule has 2 rings (SSSR count).